The second kappa shape index (κ2) is 61.4. The molecule has 0 amide bonds. The quantitative estimate of drug-likeness (QED) is 0.0261. The molecule has 0 fully saturated rings. The average Bonchev–Trinajstić information content (AvgIpc) is 3.39. The fourth-order valence-electron chi connectivity index (χ4n) is 9.00. The van der Waals surface area contributed by atoms with Crippen LogP contribution in [-0.4, -0.2) is 37.2 Å². The van der Waals surface area contributed by atoms with Crippen LogP contribution in [-0.2, 0) is 28.6 Å². The van der Waals surface area contributed by atoms with Gasteiger partial charge in [0.25, 0.3) is 0 Å². The zero-order valence-corrected chi connectivity index (χ0v) is 48.4. The van der Waals surface area contributed by atoms with Crippen LogP contribution in [0.25, 0.3) is 0 Å². The lowest BCUT2D eigenvalue weighted by Gasteiger charge is -2.18. The van der Waals surface area contributed by atoms with E-state index in [1.165, 1.54) is 180 Å². The molecular formula is C67H118O6. The number of rotatable bonds is 57. The van der Waals surface area contributed by atoms with Gasteiger partial charge in [-0.2, -0.15) is 0 Å². The normalized spacial score (nSPS) is 12.5. The van der Waals surface area contributed by atoms with Gasteiger partial charge in [-0.15, -0.1) is 0 Å². The van der Waals surface area contributed by atoms with Crippen LogP contribution in [0.5, 0.6) is 0 Å². The third-order valence-corrected chi connectivity index (χ3v) is 13.7. The van der Waals surface area contributed by atoms with Crippen molar-refractivity contribution in [2.24, 2.45) is 0 Å². The Morgan fingerprint density at radius 2 is 0.534 bits per heavy atom. The third-order valence-electron chi connectivity index (χ3n) is 13.7. The lowest BCUT2D eigenvalue weighted by atomic mass is 10.0. The summed E-state index contributed by atoms with van der Waals surface area (Å²) in [7, 11) is 0. The Hall–Kier alpha value is -3.15. The van der Waals surface area contributed by atoms with Crippen molar-refractivity contribution < 1.29 is 28.6 Å². The average molecular weight is 1020 g/mol. The van der Waals surface area contributed by atoms with E-state index in [0.29, 0.717) is 19.3 Å². The maximum Gasteiger partial charge on any atom is 0.306 e. The summed E-state index contributed by atoms with van der Waals surface area (Å²) in [6.45, 7) is 6.46. The van der Waals surface area contributed by atoms with Crippen LogP contribution < -0.4 is 0 Å². The Bertz CT molecular complexity index is 1360. The Morgan fingerprint density at radius 1 is 0.288 bits per heavy atom. The van der Waals surface area contributed by atoms with E-state index in [1.807, 2.05) is 0 Å². The van der Waals surface area contributed by atoms with Gasteiger partial charge >= 0.3 is 17.9 Å². The molecule has 6 nitrogen and oxygen atoms in total. The van der Waals surface area contributed by atoms with Crippen molar-refractivity contribution in [3.05, 3.63) is 72.9 Å². The molecule has 1 atom stereocenters. The van der Waals surface area contributed by atoms with Crippen molar-refractivity contribution in [2.45, 2.75) is 322 Å². The molecule has 0 aromatic heterocycles. The summed E-state index contributed by atoms with van der Waals surface area (Å²) in [5.41, 5.74) is 0. The van der Waals surface area contributed by atoms with E-state index in [9.17, 15) is 14.4 Å². The molecule has 1 unspecified atom stereocenters. The van der Waals surface area contributed by atoms with E-state index < -0.39 is 6.10 Å². The standard InChI is InChI=1S/C67H118O6/c1-4-7-10-13-15-17-19-21-23-25-27-29-31-33-35-37-39-41-43-45-47-49-51-54-57-60-66(69)72-63-64(62-71-65(68)59-56-53-12-9-6-3)73-67(70)61-58-55-52-50-48-46-44-42-40-38-36-34-32-30-28-26-24-22-20-18-16-14-11-8-5-2/h7,10,15,17,20-23,26-29,64H,4-6,8-9,11-14,16,18-19,24-25,30-63H2,1-3H3/b10-7-,17-15-,22-20-,23-21-,28-26-,29-27-. The molecule has 0 saturated heterocycles. The molecule has 73 heavy (non-hydrogen) atoms. The Balaban J connectivity index is 4.03. The van der Waals surface area contributed by atoms with Crippen molar-refractivity contribution in [3.63, 3.8) is 0 Å². The molecule has 0 rings (SSSR count). The smallest absolute Gasteiger partial charge is 0.306 e. The maximum absolute atomic E-state index is 12.8. The van der Waals surface area contributed by atoms with Crippen molar-refractivity contribution in [1.82, 2.24) is 0 Å². The number of ether oxygens (including phenoxy) is 3. The van der Waals surface area contributed by atoms with E-state index in [-0.39, 0.29) is 31.1 Å². The predicted octanol–water partition coefficient (Wildman–Crippen LogP) is 21.3. The number of hydrogen-bond donors (Lipinski definition) is 0. The lowest BCUT2D eigenvalue weighted by Crippen LogP contribution is -2.30. The monoisotopic (exact) mass is 1020 g/mol. The van der Waals surface area contributed by atoms with Crippen LogP contribution in [0.15, 0.2) is 72.9 Å². The van der Waals surface area contributed by atoms with Crippen LogP contribution in [0, 0.1) is 0 Å². The molecule has 0 aliphatic rings. The molecular weight excluding hydrogens is 901 g/mol. The van der Waals surface area contributed by atoms with Gasteiger partial charge in [0, 0.05) is 19.3 Å². The van der Waals surface area contributed by atoms with Gasteiger partial charge < -0.3 is 14.2 Å². The van der Waals surface area contributed by atoms with E-state index in [1.54, 1.807) is 0 Å². The van der Waals surface area contributed by atoms with Gasteiger partial charge in [-0.05, 0) is 89.9 Å². The molecule has 0 heterocycles. The molecule has 0 aromatic rings. The molecule has 6 heteroatoms. The first kappa shape index (κ1) is 69.8. The molecule has 0 aromatic carbocycles. The highest BCUT2D eigenvalue weighted by Gasteiger charge is 2.19. The summed E-state index contributed by atoms with van der Waals surface area (Å²) in [4.78, 5) is 37.9. The topological polar surface area (TPSA) is 78.9 Å². The van der Waals surface area contributed by atoms with Gasteiger partial charge in [-0.3, -0.25) is 14.4 Å². The van der Waals surface area contributed by atoms with Crippen molar-refractivity contribution in [3.8, 4) is 0 Å². The van der Waals surface area contributed by atoms with Crippen LogP contribution in [0.1, 0.15) is 316 Å². The third kappa shape index (κ3) is 59.6. The van der Waals surface area contributed by atoms with E-state index in [4.69, 9.17) is 14.2 Å². The predicted molar refractivity (Wildman–Crippen MR) is 316 cm³/mol. The van der Waals surface area contributed by atoms with Gasteiger partial charge in [0.05, 0.1) is 0 Å². The van der Waals surface area contributed by atoms with Gasteiger partial charge in [-0.1, -0.05) is 280 Å². The molecule has 422 valence electrons. The van der Waals surface area contributed by atoms with Crippen LogP contribution in [0.2, 0.25) is 0 Å². The molecule has 0 aliphatic heterocycles. The molecule has 0 aliphatic carbocycles. The van der Waals surface area contributed by atoms with Crippen LogP contribution >= 0.6 is 0 Å². The molecule has 0 bridgehead atoms. The minimum absolute atomic E-state index is 0.0745. The van der Waals surface area contributed by atoms with Crippen molar-refractivity contribution in [1.29, 1.82) is 0 Å². The largest absolute Gasteiger partial charge is 0.462 e. The second-order valence-electron chi connectivity index (χ2n) is 20.9. The molecule has 0 N–H and O–H groups in total. The number of unbranched alkanes of at least 4 members (excludes halogenated alkanes) is 34. The Morgan fingerprint density at radius 3 is 0.836 bits per heavy atom. The molecule has 0 spiro atoms. The van der Waals surface area contributed by atoms with Crippen LogP contribution in [0.4, 0.5) is 0 Å². The van der Waals surface area contributed by atoms with Crippen molar-refractivity contribution in [2.75, 3.05) is 13.2 Å². The minimum Gasteiger partial charge on any atom is -0.462 e. The zero-order chi connectivity index (χ0) is 52.9. The highest BCUT2D eigenvalue weighted by atomic mass is 16.6. The van der Waals surface area contributed by atoms with Gasteiger partial charge in [0.1, 0.15) is 13.2 Å². The summed E-state index contributed by atoms with van der Waals surface area (Å²) < 4.78 is 16.8. The van der Waals surface area contributed by atoms with Gasteiger partial charge in [-0.25, -0.2) is 0 Å². The SMILES string of the molecule is CC/C=C\C/C=C\C/C=C\C/C=C\CCCCCCCCCCCCCCC(=O)OCC(COC(=O)CCCCCCC)OC(=O)CCCCCCCCCCCCCCC/C=C\C/C=C\CCCCCCC. The molecule has 0 saturated carbocycles. The first-order valence-electron chi connectivity index (χ1n) is 31.4. The Kier molecular flexibility index (Phi) is 58.7. The molecule has 0 radical (unpaired) electrons. The number of hydrogen-bond acceptors (Lipinski definition) is 6. The lowest BCUT2D eigenvalue weighted by molar-refractivity contribution is -0.167. The fourth-order valence-corrected chi connectivity index (χ4v) is 9.00. The minimum atomic E-state index is -0.772. The van der Waals surface area contributed by atoms with Crippen molar-refractivity contribution >= 4 is 17.9 Å². The number of carbonyl (C=O) groups is 3. The maximum atomic E-state index is 12.8. The number of esters is 3. The zero-order valence-electron chi connectivity index (χ0n) is 48.4. The van der Waals surface area contributed by atoms with Gasteiger partial charge in [0.2, 0.25) is 0 Å². The summed E-state index contributed by atoms with van der Waals surface area (Å²) in [5.74, 6) is -0.879. The highest BCUT2D eigenvalue weighted by Crippen LogP contribution is 2.17. The summed E-state index contributed by atoms with van der Waals surface area (Å²) in [6, 6.07) is 0. The second-order valence-corrected chi connectivity index (χ2v) is 20.9. The van der Waals surface area contributed by atoms with E-state index >= 15 is 0 Å². The summed E-state index contributed by atoms with van der Waals surface area (Å²) in [5, 5.41) is 0. The van der Waals surface area contributed by atoms with E-state index in [2.05, 4.69) is 93.7 Å². The number of allylic oxidation sites excluding steroid dienone is 12. The number of carbonyl (C=O) groups excluding carboxylic acids is 3. The fraction of sp³-hybridized carbons (Fsp3) is 0.776. The summed E-state index contributed by atoms with van der Waals surface area (Å²) in [6.07, 6.45) is 79.6. The van der Waals surface area contributed by atoms with Crippen LogP contribution in [0.3, 0.4) is 0 Å². The highest BCUT2D eigenvalue weighted by molar-refractivity contribution is 5.71. The summed E-state index contributed by atoms with van der Waals surface area (Å²) >= 11 is 0. The first-order valence-corrected chi connectivity index (χ1v) is 31.4. The Labute approximate surface area is 453 Å². The van der Waals surface area contributed by atoms with E-state index in [0.717, 1.165) is 96.3 Å². The first-order chi connectivity index (χ1) is 36.0. The van der Waals surface area contributed by atoms with Gasteiger partial charge in [0.15, 0.2) is 6.10 Å².